The lowest BCUT2D eigenvalue weighted by molar-refractivity contribution is 0.161. The highest BCUT2D eigenvalue weighted by Gasteiger charge is 1.95. The fourth-order valence-electron chi connectivity index (χ4n) is 0.440. The van der Waals surface area contributed by atoms with Crippen molar-refractivity contribution in [2.75, 3.05) is 24.7 Å². The molecule has 10 heavy (non-hydrogen) atoms. The molecule has 0 aromatic carbocycles. The Morgan fingerprint density at radius 1 is 1.10 bits per heavy atom. The number of ether oxygens (including phenoxy) is 1. The number of rotatable bonds is 0. The van der Waals surface area contributed by atoms with Crippen molar-refractivity contribution >= 4 is 22.4 Å². The molecule has 1 aliphatic heterocycles. The highest BCUT2D eigenvalue weighted by molar-refractivity contribution is 7.99. The van der Waals surface area contributed by atoms with Crippen molar-refractivity contribution in [3.8, 4) is 0 Å². The Hall–Kier alpha value is -0.0700. The minimum Gasteiger partial charge on any atom is -0.380 e. The Kier molecular flexibility index (Phi) is 6.99. The molecular weight excluding hydrogens is 176 g/mol. The van der Waals surface area contributed by atoms with Crippen molar-refractivity contribution in [2.45, 2.75) is 0 Å². The second-order valence-corrected chi connectivity index (χ2v) is 3.06. The molecule has 0 saturated carbocycles. The van der Waals surface area contributed by atoms with Crippen LogP contribution in [-0.2, 0) is 15.3 Å². The number of hydrogen-bond acceptors (Lipinski definition) is 5. The van der Waals surface area contributed by atoms with Crippen LogP contribution in [-0.4, -0.2) is 37.3 Å². The van der Waals surface area contributed by atoms with Gasteiger partial charge in [0, 0.05) is 11.5 Å². The maximum Gasteiger partial charge on any atom is 0.425 e. The summed E-state index contributed by atoms with van der Waals surface area (Å²) in [6.07, 6.45) is 0. The molecule has 0 unspecified atom stereocenters. The van der Waals surface area contributed by atoms with Crippen molar-refractivity contribution < 1.29 is 17.4 Å². The van der Waals surface area contributed by atoms with Crippen LogP contribution in [0.25, 0.3) is 0 Å². The summed E-state index contributed by atoms with van der Waals surface area (Å²) in [5.74, 6) is 2.39. The number of thioether (sulfide) groups is 1. The molecule has 1 rings (SSSR count). The van der Waals surface area contributed by atoms with Crippen LogP contribution in [0, 0.1) is 0 Å². The lowest BCUT2D eigenvalue weighted by Gasteiger charge is -2.07. The van der Waals surface area contributed by atoms with Crippen LogP contribution in [0.2, 0.25) is 0 Å². The van der Waals surface area contributed by atoms with Gasteiger partial charge in [-0.05, 0) is 0 Å². The number of hydrogen-bond donors (Lipinski definition) is 0. The van der Waals surface area contributed by atoms with E-state index in [0.717, 1.165) is 13.2 Å². The minimum atomic E-state index is -3.11. The van der Waals surface area contributed by atoms with Crippen molar-refractivity contribution in [3.05, 3.63) is 0 Å². The quantitative estimate of drug-likeness (QED) is 0.519. The summed E-state index contributed by atoms with van der Waals surface area (Å²) in [7, 11) is -3.11. The molecular formula is C4H8O4S2. The van der Waals surface area contributed by atoms with E-state index in [9.17, 15) is 0 Å². The van der Waals surface area contributed by atoms with E-state index >= 15 is 0 Å². The maximum absolute atomic E-state index is 8.44. The van der Waals surface area contributed by atoms with Crippen LogP contribution in [0.3, 0.4) is 0 Å². The molecule has 0 N–H and O–H groups in total. The summed E-state index contributed by atoms with van der Waals surface area (Å²) >= 11 is 1.97. The van der Waals surface area contributed by atoms with Crippen molar-refractivity contribution in [1.29, 1.82) is 0 Å². The van der Waals surface area contributed by atoms with Gasteiger partial charge in [-0.15, -0.1) is 12.6 Å². The van der Waals surface area contributed by atoms with Gasteiger partial charge in [0.1, 0.15) is 0 Å². The predicted octanol–water partition coefficient (Wildman–Crippen LogP) is -0.254. The zero-order valence-electron chi connectivity index (χ0n) is 5.28. The predicted molar refractivity (Wildman–Crippen MR) is 37.8 cm³/mol. The first-order valence-corrected chi connectivity index (χ1v) is 4.81. The van der Waals surface area contributed by atoms with E-state index in [0.29, 0.717) is 0 Å². The molecule has 0 aromatic heterocycles. The monoisotopic (exact) mass is 184 g/mol. The van der Waals surface area contributed by atoms with Gasteiger partial charge in [-0.2, -0.15) is 11.8 Å². The van der Waals surface area contributed by atoms with E-state index in [1.165, 1.54) is 11.5 Å². The molecule has 0 aromatic rings. The average Bonchev–Trinajstić information content (AvgIpc) is 1.90. The summed E-state index contributed by atoms with van der Waals surface area (Å²) in [6.45, 7) is 1.93. The van der Waals surface area contributed by atoms with E-state index in [4.69, 9.17) is 17.4 Å². The Bertz CT molecular complexity index is 136. The van der Waals surface area contributed by atoms with Gasteiger partial charge in [0.2, 0.25) is 0 Å². The van der Waals surface area contributed by atoms with E-state index < -0.39 is 10.6 Å². The molecule has 0 amide bonds. The highest BCUT2D eigenvalue weighted by atomic mass is 32.2. The third-order valence-electron chi connectivity index (χ3n) is 0.744. The Morgan fingerprint density at radius 2 is 1.50 bits per heavy atom. The second kappa shape index (κ2) is 7.04. The van der Waals surface area contributed by atoms with Crippen LogP contribution in [0.4, 0.5) is 0 Å². The lowest BCUT2D eigenvalue weighted by atomic mass is 10.8. The zero-order valence-corrected chi connectivity index (χ0v) is 6.91. The SMILES string of the molecule is C1CSCCO1.O=S(=O)=O. The first-order valence-electron chi connectivity index (χ1n) is 2.65. The molecule has 0 bridgehead atoms. The zero-order chi connectivity index (χ0) is 7.82. The molecule has 60 valence electrons. The standard InChI is InChI=1S/C4H8OS.O3S/c1-3-6-4-2-5-1;1-4(2)3/h1-4H2;. The molecule has 4 nitrogen and oxygen atoms in total. The van der Waals surface area contributed by atoms with Crippen LogP contribution in [0.15, 0.2) is 0 Å². The molecule has 1 saturated heterocycles. The lowest BCUT2D eigenvalue weighted by Crippen LogP contribution is -2.08. The van der Waals surface area contributed by atoms with E-state index in [2.05, 4.69) is 0 Å². The van der Waals surface area contributed by atoms with Crippen LogP contribution < -0.4 is 0 Å². The van der Waals surface area contributed by atoms with Gasteiger partial charge in [0.25, 0.3) is 0 Å². The third-order valence-corrected chi connectivity index (χ3v) is 1.65. The Morgan fingerprint density at radius 3 is 1.60 bits per heavy atom. The maximum atomic E-state index is 8.44. The fourth-order valence-corrected chi connectivity index (χ4v) is 1.12. The topological polar surface area (TPSA) is 60.4 Å². The third kappa shape index (κ3) is 10.8. The Balaban J connectivity index is 0.000000180. The minimum absolute atomic E-state index is 0.963. The summed E-state index contributed by atoms with van der Waals surface area (Å²) in [6, 6.07) is 0. The summed E-state index contributed by atoms with van der Waals surface area (Å²) in [4.78, 5) is 0. The molecule has 0 spiro atoms. The van der Waals surface area contributed by atoms with Gasteiger partial charge in [0.15, 0.2) is 0 Å². The van der Waals surface area contributed by atoms with Gasteiger partial charge in [0.05, 0.1) is 13.2 Å². The van der Waals surface area contributed by atoms with Crippen molar-refractivity contribution in [3.63, 3.8) is 0 Å². The first kappa shape index (κ1) is 9.93. The van der Waals surface area contributed by atoms with Gasteiger partial charge < -0.3 is 4.74 Å². The van der Waals surface area contributed by atoms with Crippen LogP contribution >= 0.6 is 11.8 Å². The van der Waals surface area contributed by atoms with E-state index in [1.54, 1.807) is 0 Å². The summed E-state index contributed by atoms with van der Waals surface area (Å²) in [5.41, 5.74) is 0. The van der Waals surface area contributed by atoms with E-state index in [-0.39, 0.29) is 0 Å². The van der Waals surface area contributed by atoms with E-state index in [1.807, 2.05) is 11.8 Å². The molecule has 0 radical (unpaired) electrons. The smallest absolute Gasteiger partial charge is 0.380 e. The van der Waals surface area contributed by atoms with Crippen LogP contribution in [0.1, 0.15) is 0 Å². The van der Waals surface area contributed by atoms with Gasteiger partial charge in [-0.25, -0.2) is 0 Å². The molecule has 0 atom stereocenters. The highest BCUT2D eigenvalue weighted by Crippen LogP contribution is 2.03. The summed E-state index contributed by atoms with van der Waals surface area (Å²) in [5, 5.41) is 0. The van der Waals surface area contributed by atoms with Crippen molar-refractivity contribution in [2.24, 2.45) is 0 Å². The second-order valence-electron chi connectivity index (χ2n) is 1.43. The molecule has 1 aliphatic rings. The van der Waals surface area contributed by atoms with Crippen molar-refractivity contribution in [1.82, 2.24) is 0 Å². The first-order chi connectivity index (χ1) is 4.73. The average molecular weight is 184 g/mol. The molecule has 0 aliphatic carbocycles. The largest absolute Gasteiger partial charge is 0.425 e. The van der Waals surface area contributed by atoms with Gasteiger partial charge in [-0.1, -0.05) is 0 Å². The molecule has 1 fully saturated rings. The normalized spacial score (nSPS) is 16.8. The van der Waals surface area contributed by atoms with Gasteiger partial charge in [-0.3, -0.25) is 0 Å². The van der Waals surface area contributed by atoms with Crippen LogP contribution in [0.5, 0.6) is 0 Å². The van der Waals surface area contributed by atoms with Gasteiger partial charge >= 0.3 is 10.6 Å². The fraction of sp³-hybridized carbons (Fsp3) is 1.00. The molecule has 6 heteroatoms. The summed E-state index contributed by atoms with van der Waals surface area (Å²) < 4.78 is 30.4. The Labute approximate surface area is 65.0 Å². The molecule has 1 heterocycles.